The van der Waals surface area contributed by atoms with Crippen molar-refractivity contribution in [2.75, 3.05) is 0 Å². The Bertz CT molecular complexity index is 1910. The van der Waals surface area contributed by atoms with E-state index in [0.29, 0.717) is 0 Å². The molecule has 0 fully saturated rings. The molecule has 0 saturated carbocycles. The second-order valence-electron chi connectivity index (χ2n) is 10.6. The molecule has 0 bridgehead atoms. The lowest BCUT2D eigenvalue weighted by molar-refractivity contribution is 0.475. The number of phenols is 2. The van der Waals surface area contributed by atoms with Crippen molar-refractivity contribution in [3.8, 4) is 46.3 Å². The van der Waals surface area contributed by atoms with Gasteiger partial charge in [-0.25, -0.2) is 0 Å². The number of benzene rings is 6. The van der Waals surface area contributed by atoms with Crippen molar-refractivity contribution >= 4 is 0 Å². The molecule has 6 aromatic rings. The minimum Gasteiger partial charge on any atom is -0.508 e. The SMILES string of the molecule is Oc1ccc(C2(c3ccc(O)cc3)c3cc(C#Cc4ccccc4)ccc3-c3ccc(C#Cc4ccccc4)cc32)cc1. The third kappa shape index (κ3) is 4.72. The average Bonchev–Trinajstić information content (AvgIpc) is 3.34. The third-order valence-electron chi connectivity index (χ3n) is 7.99. The van der Waals surface area contributed by atoms with Crippen molar-refractivity contribution in [2.45, 2.75) is 5.41 Å². The molecule has 2 heteroatoms. The molecule has 2 nitrogen and oxygen atoms in total. The smallest absolute Gasteiger partial charge is 0.115 e. The van der Waals surface area contributed by atoms with Gasteiger partial charge in [0.15, 0.2) is 0 Å². The van der Waals surface area contributed by atoms with Gasteiger partial charge in [-0.2, -0.15) is 0 Å². The lowest BCUT2D eigenvalue weighted by Crippen LogP contribution is -2.28. The van der Waals surface area contributed by atoms with E-state index in [1.807, 2.05) is 84.9 Å². The van der Waals surface area contributed by atoms with E-state index in [9.17, 15) is 10.2 Å². The van der Waals surface area contributed by atoms with Crippen molar-refractivity contribution in [1.29, 1.82) is 0 Å². The first-order valence-electron chi connectivity index (χ1n) is 14.1. The van der Waals surface area contributed by atoms with Gasteiger partial charge in [0.25, 0.3) is 0 Å². The van der Waals surface area contributed by atoms with E-state index in [0.717, 1.165) is 55.6 Å². The summed E-state index contributed by atoms with van der Waals surface area (Å²) in [7, 11) is 0. The number of phenolic OH excluding ortho intramolecular Hbond substituents is 2. The van der Waals surface area contributed by atoms with Gasteiger partial charge in [-0.05, 0) is 106 Å². The molecule has 43 heavy (non-hydrogen) atoms. The molecule has 0 heterocycles. The van der Waals surface area contributed by atoms with Crippen LogP contribution in [0.3, 0.4) is 0 Å². The minimum absolute atomic E-state index is 0.202. The first kappa shape index (κ1) is 26.0. The lowest BCUT2D eigenvalue weighted by Gasteiger charge is -2.34. The van der Waals surface area contributed by atoms with E-state index < -0.39 is 5.41 Å². The average molecular weight is 551 g/mol. The van der Waals surface area contributed by atoms with E-state index in [1.54, 1.807) is 24.3 Å². The fourth-order valence-electron chi connectivity index (χ4n) is 6.02. The summed E-state index contributed by atoms with van der Waals surface area (Å²) in [6.07, 6.45) is 0. The van der Waals surface area contributed by atoms with Crippen LogP contribution in [0.2, 0.25) is 0 Å². The van der Waals surface area contributed by atoms with Gasteiger partial charge in [-0.1, -0.05) is 96.5 Å². The summed E-state index contributed by atoms with van der Waals surface area (Å²) in [4.78, 5) is 0. The maximum Gasteiger partial charge on any atom is 0.115 e. The van der Waals surface area contributed by atoms with Crippen molar-refractivity contribution in [2.24, 2.45) is 0 Å². The quantitative estimate of drug-likeness (QED) is 0.213. The number of hydrogen-bond donors (Lipinski definition) is 2. The zero-order chi connectivity index (χ0) is 29.2. The maximum atomic E-state index is 10.3. The highest BCUT2D eigenvalue weighted by Crippen LogP contribution is 2.56. The number of fused-ring (bicyclic) bond motifs is 3. The van der Waals surface area contributed by atoms with Crippen LogP contribution in [0, 0.1) is 23.7 Å². The molecule has 0 radical (unpaired) electrons. The van der Waals surface area contributed by atoms with E-state index >= 15 is 0 Å². The van der Waals surface area contributed by atoms with Crippen LogP contribution in [0.1, 0.15) is 44.5 Å². The Hall–Kier alpha value is -5.96. The number of rotatable bonds is 2. The normalized spacial score (nSPS) is 12.2. The molecule has 1 aliphatic rings. The summed E-state index contributed by atoms with van der Waals surface area (Å²) in [5.74, 6) is 13.8. The van der Waals surface area contributed by atoms with Crippen LogP contribution in [-0.2, 0) is 5.41 Å². The second-order valence-corrected chi connectivity index (χ2v) is 10.6. The number of aromatic hydroxyl groups is 2. The molecule has 7 rings (SSSR count). The Labute approximate surface area is 251 Å². The van der Waals surface area contributed by atoms with Gasteiger partial charge >= 0.3 is 0 Å². The first-order valence-corrected chi connectivity index (χ1v) is 14.1. The van der Waals surface area contributed by atoms with Crippen LogP contribution in [0.5, 0.6) is 11.5 Å². The van der Waals surface area contributed by atoms with E-state index in [2.05, 4.69) is 60.1 Å². The fraction of sp³-hybridized carbons (Fsp3) is 0.0244. The van der Waals surface area contributed by atoms with Gasteiger partial charge in [0.2, 0.25) is 0 Å². The number of hydrogen-bond acceptors (Lipinski definition) is 2. The van der Waals surface area contributed by atoms with Gasteiger partial charge in [0.1, 0.15) is 11.5 Å². The second kappa shape index (κ2) is 10.8. The van der Waals surface area contributed by atoms with E-state index in [-0.39, 0.29) is 11.5 Å². The molecule has 0 spiro atoms. The highest BCUT2D eigenvalue weighted by molar-refractivity contribution is 5.87. The molecular formula is C41H26O2. The summed E-state index contributed by atoms with van der Waals surface area (Å²) >= 11 is 0. The molecule has 0 atom stereocenters. The molecular weight excluding hydrogens is 524 g/mol. The lowest BCUT2D eigenvalue weighted by atomic mass is 9.67. The molecule has 6 aromatic carbocycles. The summed E-state index contributed by atoms with van der Waals surface area (Å²) in [6.45, 7) is 0. The van der Waals surface area contributed by atoms with E-state index in [1.165, 1.54) is 0 Å². The zero-order valence-corrected chi connectivity index (χ0v) is 23.3. The monoisotopic (exact) mass is 550 g/mol. The molecule has 2 N–H and O–H groups in total. The summed E-state index contributed by atoms with van der Waals surface area (Å²) < 4.78 is 0. The van der Waals surface area contributed by atoms with Crippen molar-refractivity contribution in [1.82, 2.24) is 0 Å². The summed E-state index contributed by atoms with van der Waals surface area (Å²) in [5.41, 5.74) is 9.39. The molecule has 0 unspecified atom stereocenters. The van der Waals surface area contributed by atoms with Crippen LogP contribution in [0.4, 0.5) is 0 Å². The van der Waals surface area contributed by atoms with Crippen LogP contribution < -0.4 is 0 Å². The zero-order valence-electron chi connectivity index (χ0n) is 23.3. The Morgan fingerprint density at radius 2 is 0.744 bits per heavy atom. The molecule has 202 valence electrons. The predicted molar refractivity (Wildman–Crippen MR) is 172 cm³/mol. The maximum absolute atomic E-state index is 10.3. The fourth-order valence-corrected chi connectivity index (χ4v) is 6.02. The Morgan fingerprint density at radius 1 is 0.372 bits per heavy atom. The van der Waals surface area contributed by atoms with Crippen molar-refractivity contribution < 1.29 is 10.2 Å². The first-order chi connectivity index (χ1) is 21.1. The largest absolute Gasteiger partial charge is 0.508 e. The van der Waals surface area contributed by atoms with E-state index in [4.69, 9.17) is 0 Å². The predicted octanol–water partition coefficient (Wildman–Crippen LogP) is 8.26. The summed E-state index contributed by atoms with van der Waals surface area (Å²) in [5, 5.41) is 20.5. The Kier molecular flexibility index (Phi) is 6.52. The molecule has 0 aromatic heterocycles. The van der Waals surface area contributed by atoms with Gasteiger partial charge < -0.3 is 10.2 Å². The molecule has 0 aliphatic heterocycles. The van der Waals surface area contributed by atoms with Crippen molar-refractivity contribution in [3.63, 3.8) is 0 Å². The third-order valence-corrected chi connectivity index (χ3v) is 7.99. The van der Waals surface area contributed by atoms with Crippen LogP contribution in [-0.4, -0.2) is 10.2 Å². The van der Waals surface area contributed by atoms with Crippen LogP contribution in [0.15, 0.2) is 146 Å². The minimum atomic E-state index is -0.735. The topological polar surface area (TPSA) is 40.5 Å². The molecule has 0 amide bonds. The van der Waals surface area contributed by atoms with Gasteiger partial charge in [0.05, 0.1) is 5.41 Å². The highest BCUT2D eigenvalue weighted by Gasteiger charge is 2.46. The summed E-state index contributed by atoms with van der Waals surface area (Å²) in [6, 6.07) is 47.6. The molecule has 0 saturated heterocycles. The Morgan fingerprint density at radius 3 is 1.14 bits per heavy atom. The van der Waals surface area contributed by atoms with Crippen LogP contribution >= 0.6 is 0 Å². The van der Waals surface area contributed by atoms with Crippen LogP contribution in [0.25, 0.3) is 11.1 Å². The highest BCUT2D eigenvalue weighted by atomic mass is 16.3. The standard InChI is InChI=1S/C41H26O2/c42-35-21-17-33(18-22-35)41(34-19-23-36(43)24-20-34)39-27-31(13-11-29-7-3-1-4-8-29)15-25-37(39)38-26-16-32(28-40(38)41)14-12-30-9-5-2-6-10-30/h1-10,15-28,42-43H. The van der Waals surface area contributed by atoms with Gasteiger partial charge in [-0.15, -0.1) is 0 Å². The van der Waals surface area contributed by atoms with Gasteiger partial charge in [0, 0.05) is 22.3 Å². The van der Waals surface area contributed by atoms with Crippen molar-refractivity contribution in [3.05, 3.63) is 190 Å². The van der Waals surface area contributed by atoms with Gasteiger partial charge in [-0.3, -0.25) is 0 Å². The Balaban J connectivity index is 1.49. The molecule has 1 aliphatic carbocycles.